The Balaban J connectivity index is 1.21. The number of rotatable bonds is 4. The molecule has 0 radical (unpaired) electrons. The third-order valence-electron chi connectivity index (χ3n) is 16.1. The Morgan fingerprint density at radius 3 is 2.19 bits per heavy atom. The lowest BCUT2D eigenvalue weighted by molar-refractivity contribution is -0.310. The summed E-state index contributed by atoms with van der Waals surface area (Å²) in [5.74, 6) is -1.69. The molecule has 9 heteroatoms. The van der Waals surface area contributed by atoms with Gasteiger partial charge in [0.25, 0.3) is 0 Å². The van der Waals surface area contributed by atoms with Gasteiger partial charge in [-0.05, 0) is 124 Å². The van der Waals surface area contributed by atoms with Crippen LogP contribution in [-0.2, 0) is 28.5 Å². The van der Waals surface area contributed by atoms with Crippen molar-refractivity contribution in [1.29, 1.82) is 0 Å². The van der Waals surface area contributed by atoms with E-state index in [1.54, 1.807) is 0 Å². The van der Waals surface area contributed by atoms with Crippen LogP contribution in [0.25, 0.3) is 0 Å². The number of carbonyl (C=O) groups is 2. The molecule has 3 unspecified atom stereocenters. The van der Waals surface area contributed by atoms with Crippen molar-refractivity contribution in [1.82, 2.24) is 0 Å². The van der Waals surface area contributed by atoms with E-state index in [9.17, 15) is 24.9 Å². The third kappa shape index (κ3) is 4.45. The van der Waals surface area contributed by atoms with Gasteiger partial charge in [0.2, 0.25) is 0 Å². The fraction of sp³-hybridized carbons (Fsp3) is 0.897. The Bertz CT molecular complexity index is 1370. The monoisotopic (exact) mass is 672 g/mol. The van der Waals surface area contributed by atoms with Gasteiger partial charge in [-0.3, -0.25) is 9.59 Å². The lowest BCUT2D eigenvalue weighted by Crippen LogP contribution is -2.68. The second-order valence-corrected chi connectivity index (χ2v) is 18.7. The molecule has 7 rings (SSSR count). The van der Waals surface area contributed by atoms with Crippen LogP contribution < -0.4 is 0 Å². The van der Waals surface area contributed by atoms with E-state index in [0.29, 0.717) is 25.2 Å². The summed E-state index contributed by atoms with van der Waals surface area (Å²) in [6.07, 6.45) is 5.64. The van der Waals surface area contributed by atoms with Gasteiger partial charge in [0.1, 0.15) is 18.3 Å². The molecular formula is C39H60O9. The molecule has 3 N–H and O–H groups in total. The smallest absolute Gasteiger partial charge is 0.314 e. The number of ether oxygens (including phenoxy) is 4. The van der Waals surface area contributed by atoms with Crippen LogP contribution in [0.3, 0.4) is 0 Å². The van der Waals surface area contributed by atoms with E-state index in [-0.39, 0.29) is 40.6 Å². The topological polar surface area (TPSA) is 132 Å². The minimum atomic E-state index is -1.06. The molecule has 0 bridgehead atoms. The van der Waals surface area contributed by atoms with Crippen molar-refractivity contribution in [3.63, 3.8) is 0 Å². The van der Waals surface area contributed by atoms with Gasteiger partial charge in [0.15, 0.2) is 12.1 Å². The van der Waals surface area contributed by atoms with Crippen molar-refractivity contribution < 1.29 is 43.9 Å². The van der Waals surface area contributed by atoms with Crippen molar-refractivity contribution in [3.05, 3.63) is 11.6 Å². The molecule has 4 saturated carbocycles. The highest BCUT2D eigenvalue weighted by atomic mass is 16.8. The maximum absolute atomic E-state index is 13.9. The zero-order valence-electron chi connectivity index (χ0n) is 30.6. The van der Waals surface area contributed by atoms with Crippen LogP contribution in [0.1, 0.15) is 120 Å². The molecule has 0 amide bonds. The second-order valence-electron chi connectivity index (χ2n) is 18.7. The summed E-state index contributed by atoms with van der Waals surface area (Å²) in [5.41, 5.74) is -1.86. The number of hydrogen-bond acceptors (Lipinski definition) is 7. The van der Waals surface area contributed by atoms with Gasteiger partial charge in [0, 0.05) is 0 Å². The first-order valence-corrected chi connectivity index (χ1v) is 18.8. The Morgan fingerprint density at radius 1 is 0.833 bits per heavy atom. The van der Waals surface area contributed by atoms with Crippen LogP contribution in [0.4, 0.5) is 0 Å². The summed E-state index contributed by atoms with van der Waals surface area (Å²) >= 11 is 0. The molecule has 7 aliphatic rings. The van der Waals surface area contributed by atoms with Crippen molar-refractivity contribution in [2.75, 3.05) is 0 Å². The standard InChI is InChI=1S/C39H60O9/c1-20-12-17-38(32(41)42)18-19-39(33(43)44)23(27(38)21(20)2)10-11-25-36(8)15-14-26(34(4,5)24(36)13-16-37(25,39)9)46-31-30-29(28(40)22(3)45-31)47-35(6,7)48-30/h10,20-22,24-31,40H,11-19H2,1-9H3,(H,41,42)(H,43,44)/t20-,21-,22-,24?,25?,26-,27?,28+,29+,30+,31-,36-,37+,38-,39-/m0/s1. The van der Waals surface area contributed by atoms with E-state index in [2.05, 4.69) is 47.6 Å². The predicted octanol–water partition coefficient (Wildman–Crippen LogP) is 6.80. The molecule has 2 saturated heterocycles. The van der Waals surface area contributed by atoms with E-state index in [0.717, 1.165) is 44.1 Å². The van der Waals surface area contributed by atoms with E-state index in [1.807, 2.05) is 20.8 Å². The summed E-state index contributed by atoms with van der Waals surface area (Å²) in [6, 6.07) is 0. The number of carboxylic acids is 2. The molecule has 2 heterocycles. The van der Waals surface area contributed by atoms with Gasteiger partial charge in [-0.25, -0.2) is 0 Å². The maximum atomic E-state index is 13.9. The van der Waals surface area contributed by atoms with Crippen LogP contribution in [0.15, 0.2) is 11.6 Å². The highest BCUT2D eigenvalue weighted by Gasteiger charge is 2.73. The Labute approximate surface area is 286 Å². The highest BCUT2D eigenvalue weighted by Crippen LogP contribution is 2.76. The minimum Gasteiger partial charge on any atom is -0.481 e. The number of fused-ring (bicyclic) bond motifs is 8. The van der Waals surface area contributed by atoms with Gasteiger partial charge in [-0.2, -0.15) is 0 Å². The minimum absolute atomic E-state index is 0.112. The SMILES string of the molecule is C[C@@H]1O[C@@H](O[C@H]2CC[C@@]3(C)C(CC[C@]4(C)C3CC=C3C5[C@@H](C)[C@@H](C)CC[C@]5(C(=O)O)CC[C@@]34C(=O)O)C2(C)C)[C@@H]2OC(C)(C)O[C@@H]2[C@@H]1O. The number of aliphatic hydroxyl groups is 1. The van der Waals surface area contributed by atoms with Crippen LogP contribution in [0.5, 0.6) is 0 Å². The van der Waals surface area contributed by atoms with Crippen LogP contribution in [0, 0.1) is 56.7 Å². The summed E-state index contributed by atoms with van der Waals surface area (Å²) in [5, 5.41) is 32.9. The van der Waals surface area contributed by atoms with E-state index in [1.165, 1.54) is 0 Å². The molecule has 0 spiro atoms. The Hall–Kier alpha value is -1.52. The third-order valence-corrected chi connectivity index (χ3v) is 16.1. The molecule has 6 fully saturated rings. The first-order chi connectivity index (χ1) is 22.3. The number of aliphatic carboxylic acids is 2. The molecule has 0 aromatic heterocycles. The lowest BCUT2D eigenvalue weighted by Gasteiger charge is -2.70. The number of hydrogen-bond donors (Lipinski definition) is 3. The van der Waals surface area contributed by atoms with Crippen molar-refractivity contribution in [2.24, 2.45) is 56.7 Å². The number of aliphatic hydroxyl groups excluding tert-OH is 1. The number of carboxylic acid groups (broad SMARTS) is 2. The van der Waals surface area contributed by atoms with Gasteiger partial charge in [-0.1, -0.05) is 53.2 Å². The quantitative estimate of drug-likeness (QED) is 0.218. The molecular weight excluding hydrogens is 612 g/mol. The van der Waals surface area contributed by atoms with Crippen LogP contribution in [0.2, 0.25) is 0 Å². The first-order valence-electron chi connectivity index (χ1n) is 18.8. The van der Waals surface area contributed by atoms with Crippen LogP contribution in [-0.4, -0.2) is 69.9 Å². The molecule has 15 atom stereocenters. The summed E-state index contributed by atoms with van der Waals surface area (Å²) in [6.45, 7) is 19.2. The van der Waals surface area contributed by atoms with Crippen molar-refractivity contribution in [2.45, 2.75) is 163 Å². The molecule has 0 aromatic carbocycles. The highest BCUT2D eigenvalue weighted by molar-refractivity contribution is 5.84. The summed E-state index contributed by atoms with van der Waals surface area (Å²) < 4.78 is 25.5. The van der Waals surface area contributed by atoms with Gasteiger partial charge in [0.05, 0.1) is 23.0 Å². The van der Waals surface area contributed by atoms with E-state index >= 15 is 0 Å². The Kier molecular flexibility index (Phi) is 7.99. The molecule has 48 heavy (non-hydrogen) atoms. The molecule has 9 nitrogen and oxygen atoms in total. The fourth-order valence-electron chi connectivity index (χ4n) is 13.4. The molecule has 270 valence electrons. The zero-order valence-corrected chi connectivity index (χ0v) is 30.6. The number of allylic oxidation sites excluding steroid dienone is 1. The van der Waals surface area contributed by atoms with Gasteiger partial charge in [-0.15, -0.1) is 0 Å². The maximum Gasteiger partial charge on any atom is 0.314 e. The van der Waals surface area contributed by atoms with Gasteiger partial charge >= 0.3 is 11.9 Å². The fourth-order valence-corrected chi connectivity index (χ4v) is 13.4. The summed E-state index contributed by atoms with van der Waals surface area (Å²) in [7, 11) is 0. The average molecular weight is 673 g/mol. The molecule has 0 aromatic rings. The molecule has 5 aliphatic carbocycles. The zero-order chi connectivity index (χ0) is 35.0. The van der Waals surface area contributed by atoms with Crippen molar-refractivity contribution >= 4 is 11.9 Å². The molecule has 2 aliphatic heterocycles. The Morgan fingerprint density at radius 2 is 1.52 bits per heavy atom. The summed E-state index contributed by atoms with van der Waals surface area (Å²) in [4.78, 5) is 27.0. The predicted molar refractivity (Wildman–Crippen MR) is 178 cm³/mol. The van der Waals surface area contributed by atoms with E-state index in [4.69, 9.17) is 18.9 Å². The largest absolute Gasteiger partial charge is 0.481 e. The van der Waals surface area contributed by atoms with Crippen molar-refractivity contribution in [3.8, 4) is 0 Å². The van der Waals surface area contributed by atoms with Crippen LogP contribution >= 0.6 is 0 Å². The van der Waals surface area contributed by atoms with Gasteiger partial charge < -0.3 is 34.3 Å². The second kappa shape index (κ2) is 11.0. The normalized spacial score (nSPS) is 53.6. The first kappa shape index (κ1) is 34.9. The lowest BCUT2D eigenvalue weighted by atomic mass is 9.33. The average Bonchev–Trinajstić information content (AvgIpc) is 3.33. The van der Waals surface area contributed by atoms with E-state index < -0.39 is 64.7 Å².